The van der Waals surface area contributed by atoms with Crippen LogP contribution in [0.4, 0.5) is 5.82 Å². The lowest BCUT2D eigenvalue weighted by Crippen LogP contribution is -2.32. The lowest BCUT2D eigenvalue weighted by Gasteiger charge is -2.27. The van der Waals surface area contributed by atoms with E-state index >= 15 is 0 Å². The van der Waals surface area contributed by atoms with Crippen LogP contribution in [0.25, 0.3) is 0 Å². The van der Waals surface area contributed by atoms with Crippen LogP contribution < -0.4 is 5.32 Å². The highest BCUT2D eigenvalue weighted by Crippen LogP contribution is 2.28. The number of nitrogens with zero attached hydrogens (tertiary/aromatic N) is 4. The number of methoxy groups -OCH3 is 1. The van der Waals surface area contributed by atoms with Crippen molar-refractivity contribution in [2.24, 2.45) is 0 Å². The number of rotatable bonds is 4. The molecule has 1 N–H and O–H groups in total. The molecule has 2 rings (SSSR count). The summed E-state index contributed by atoms with van der Waals surface area (Å²) in [5.41, 5.74) is 0.882. The van der Waals surface area contributed by atoms with Crippen molar-refractivity contribution in [1.82, 2.24) is 19.8 Å². The molecule has 1 saturated heterocycles. The van der Waals surface area contributed by atoms with Gasteiger partial charge in [0.1, 0.15) is 11.6 Å². The number of aromatic nitrogens is 2. The zero-order valence-electron chi connectivity index (χ0n) is 13.2. The average Bonchev–Trinajstić information content (AvgIpc) is 2.63. The summed E-state index contributed by atoms with van der Waals surface area (Å²) in [6, 6.07) is 0.202. The fraction of sp³-hybridized carbons (Fsp3) is 0.714. The van der Waals surface area contributed by atoms with Crippen LogP contribution in [-0.4, -0.2) is 67.7 Å². The van der Waals surface area contributed by atoms with E-state index in [-0.39, 0.29) is 6.04 Å². The molecule has 1 aliphatic heterocycles. The molecule has 1 aliphatic rings. The lowest BCUT2D eigenvalue weighted by molar-refractivity contribution is 0.178. The summed E-state index contributed by atoms with van der Waals surface area (Å²) in [6.07, 6.45) is 1.17. The molecule has 1 unspecified atom stereocenters. The Hall–Kier alpha value is -0.760. The Morgan fingerprint density at radius 2 is 2.10 bits per heavy atom. The summed E-state index contributed by atoms with van der Waals surface area (Å²) in [5.74, 6) is 1.66. The van der Waals surface area contributed by atoms with E-state index in [1.54, 1.807) is 7.11 Å². The van der Waals surface area contributed by atoms with E-state index in [0.29, 0.717) is 6.61 Å². The second-order valence-electron chi connectivity index (χ2n) is 5.49. The molecule has 6 nitrogen and oxygen atoms in total. The third-order valence-corrected chi connectivity index (χ3v) is 4.65. The van der Waals surface area contributed by atoms with Gasteiger partial charge >= 0.3 is 0 Å². The van der Waals surface area contributed by atoms with Crippen molar-refractivity contribution in [2.75, 3.05) is 53.2 Å². The predicted octanol–water partition coefficient (Wildman–Crippen LogP) is 1.74. The maximum atomic E-state index is 5.25. The molecule has 0 amide bonds. The van der Waals surface area contributed by atoms with E-state index in [9.17, 15) is 0 Å². The number of likely N-dealkylation sites (N-methyl/N-ethyl adjacent to an activating group) is 2. The molecule has 0 aliphatic carbocycles. The molecule has 0 saturated carbocycles. The SMILES string of the molecule is CNc1nc(C2CN(C)CCCN2C)nc(COC)c1Br. The van der Waals surface area contributed by atoms with Crippen molar-refractivity contribution >= 4 is 21.7 Å². The van der Waals surface area contributed by atoms with Gasteiger partial charge in [0.2, 0.25) is 0 Å². The fourth-order valence-corrected chi connectivity index (χ4v) is 3.10. The molecule has 7 heteroatoms. The molecule has 118 valence electrons. The van der Waals surface area contributed by atoms with Crippen molar-refractivity contribution in [3.05, 3.63) is 16.0 Å². The van der Waals surface area contributed by atoms with Gasteiger partial charge < -0.3 is 15.0 Å². The van der Waals surface area contributed by atoms with Gasteiger partial charge in [-0.05, 0) is 49.5 Å². The third-order valence-electron chi connectivity index (χ3n) is 3.82. The Kier molecular flexibility index (Phi) is 5.92. The summed E-state index contributed by atoms with van der Waals surface area (Å²) in [6.45, 7) is 3.58. The van der Waals surface area contributed by atoms with E-state index in [1.165, 1.54) is 6.42 Å². The van der Waals surface area contributed by atoms with E-state index < -0.39 is 0 Å². The van der Waals surface area contributed by atoms with Gasteiger partial charge in [0.05, 0.1) is 22.8 Å². The summed E-state index contributed by atoms with van der Waals surface area (Å²) in [5, 5.41) is 3.13. The minimum atomic E-state index is 0.202. The van der Waals surface area contributed by atoms with Crippen LogP contribution in [0, 0.1) is 0 Å². The molecule has 2 heterocycles. The molecule has 1 aromatic heterocycles. The number of hydrogen-bond acceptors (Lipinski definition) is 6. The summed E-state index contributed by atoms with van der Waals surface area (Å²) >= 11 is 3.55. The van der Waals surface area contributed by atoms with Crippen LogP contribution in [0.3, 0.4) is 0 Å². The van der Waals surface area contributed by atoms with E-state index in [0.717, 1.165) is 41.4 Å². The molecular weight excluding hydrogens is 334 g/mol. The molecule has 0 bridgehead atoms. The fourth-order valence-electron chi connectivity index (χ4n) is 2.61. The third kappa shape index (κ3) is 3.91. The lowest BCUT2D eigenvalue weighted by atomic mass is 10.2. The van der Waals surface area contributed by atoms with E-state index in [1.807, 2.05) is 7.05 Å². The van der Waals surface area contributed by atoms with Crippen LogP contribution in [0.1, 0.15) is 24.0 Å². The zero-order chi connectivity index (χ0) is 15.4. The molecule has 0 spiro atoms. The maximum absolute atomic E-state index is 5.25. The van der Waals surface area contributed by atoms with E-state index in [4.69, 9.17) is 14.7 Å². The summed E-state index contributed by atoms with van der Waals surface area (Å²) in [4.78, 5) is 14.1. The monoisotopic (exact) mass is 357 g/mol. The topological polar surface area (TPSA) is 53.5 Å². The Morgan fingerprint density at radius 1 is 1.33 bits per heavy atom. The first-order valence-electron chi connectivity index (χ1n) is 7.18. The predicted molar refractivity (Wildman–Crippen MR) is 87.5 cm³/mol. The van der Waals surface area contributed by atoms with Crippen LogP contribution >= 0.6 is 15.9 Å². The first-order valence-corrected chi connectivity index (χ1v) is 7.98. The number of anilines is 1. The highest BCUT2D eigenvalue weighted by Gasteiger charge is 2.26. The normalized spacial score (nSPS) is 21.3. The van der Waals surface area contributed by atoms with Crippen LogP contribution in [0.2, 0.25) is 0 Å². The molecule has 1 fully saturated rings. The summed E-state index contributed by atoms with van der Waals surface area (Å²) in [7, 11) is 7.85. The van der Waals surface area contributed by atoms with Crippen molar-refractivity contribution in [1.29, 1.82) is 0 Å². The van der Waals surface area contributed by atoms with Crippen LogP contribution in [0.15, 0.2) is 4.47 Å². The van der Waals surface area contributed by atoms with Gasteiger partial charge in [-0.1, -0.05) is 0 Å². The van der Waals surface area contributed by atoms with Gasteiger partial charge in [-0.15, -0.1) is 0 Å². The second kappa shape index (κ2) is 7.49. The van der Waals surface area contributed by atoms with Gasteiger partial charge in [-0.3, -0.25) is 4.90 Å². The van der Waals surface area contributed by atoms with Gasteiger partial charge in [-0.2, -0.15) is 0 Å². The molecular formula is C14H24BrN5O. The van der Waals surface area contributed by atoms with Gasteiger partial charge in [0.25, 0.3) is 0 Å². The van der Waals surface area contributed by atoms with Crippen LogP contribution in [-0.2, 0) is 11.3 Å². The molecule has 1 aromatic rings. The Balaban J connectivity index is 2.38. The van der Waals surface area contributed by atoms with Gasteiger partial charge in [0.15, 0.2) is 0 Å². The molecule has 1 atom stereocenters. The Bertz CT molecular complexity index is 485. The minimum Gasteiger partial charge on any atom is -0.378 e. The number of hydrogen-bond donors (Lipinski definition) is 1. The average molecular weight is 358 g/mol. The summed E-state index contributed by atoms with van der Waals surface area (Å²) < 4.78 is 6.13. The largest absolute Gasteiger partial charge is 0.378 e. The first-order chi connectivity index (χ1) is 10.1. The van der Waals surface area contributed by atoms with Gasteiger partial charge in [-0.25, -0.2) is 9.97 Å². The quantitative estimate of drug-likeness (QED) is 0.885. The number of nitrogens with one attached hydrogen (secondary N) is 1. The van der Waals surface area contributed by atoms with Crippen molar-refractivity contribution in [3.8, 4) is 0 Å². The number of ether oxygens (including phenoxy) is 1. The standard InChI is InChI=1S/C14H24BrN5O/c1-16-14-12(15)10(9-21-4)17-13(18-14)11-8-19(2)6-5-7-20(11)3/h11H,5-9H2,1-4H3,(H,16,17,18). The Morgan fingerprint density at radius 3 is 2.76 bits per heavy atom. The van der Waals surface area contributed by atoms with E-state index in [2.05, 4.69) is 45.1 Å². The smallest absolute Gasteiger partial charge is 0.149 e. The number of halogens is 1. The second-order valence-corrected chi connectivity index (χ2v) is 6.28. The molecule has 0 radical (unpaired) electrons. The van der Waals surface area contributed by atoms with Crippen molar-refractivity contribution in [2.45, 2.75) is 19.1 Å². The molecule has 0 aromatic carbocycles. The zero-order valence-corrected chi connectivity index (χ0v) is 14.8. The first kappa shape index (κ1) is 16.6. The van der Waals surface area contributed by atoms with Crippen molar-refractivity contribution < 1.29 is 4.74 Å². The minimum absolute atomic E-state index is 0.202. The highest BCUT2D eigenvalue weighted by molar-refractivity contribution is 9.10. The maximum Gasteiger partial charge on any atom is 0.149 e. The van der Waals surface area contributed by atoms with Crippen LogP contribution in [0.5, 0.6) is 0 Å². The Labute approximate surface area is 135 Å². The molecule has 21 heavy (non-hydrogen) atoms. The van der Waals surface area contributed by atoms with Gasteiger partial charge in [0, 0.05) is 20.7 Å². The van der Waals surface area contributed by atoms with Crippen molar-refractivity contribution in [3.63, 3.8) is 0 Å². The highest BCUT2D eigenvalue weighted by atomic mass is 79.9.